The predicted octanol–water partition coefficient (Wildman–Crippen LogP) is 3.96. The van der Waals surface area contributed by atoms with Gasteiger partial charge < -0.3 is 14.6 Å². The van der Waals surface area contributed by atoms with Crippen LogP contribution in [0.2, 0.25) is 0 Å². The molecule has 0 aliphatic heterocycles. The molecule has 0 saturated carbocycles. The molecule has 0 aliphatic carbocycles. The molecule has 1 aromatic carbocycles. The number of aromatic carboxylic acids is 1. The van der Waals surface area contributed by atoms with E-state index in [-0.39, 0.29) is 0 Å². The van der Waals surface area contributed by atoms with Crippen LogP contribution in [0.25, 0.3) is 11.1 Å². The summed E-state index contributed by atoms with van der Waals surface area (Å²) in [5, 5.41) is 10.1. The normalized spacial score (nSPS) is 10.5. The Morgan fingerprint density at radius 2 is 2.00 bits per heavy atom. The minimum absolute atomic E-state index is 0.330. The zero-order chi connectivity index (χ0) is 17.7. The Morgan fingerprint density at radius 3 is 2.54 bits per heavy atom. The fourth-order valence-corrected chi connectivity index (χ4v) is 2.97. The van der Waals surface area contributed by atoms with E-state index < -0.39 is 5.97 Å². The van der Waals surface area contributed by atoms with Crippen molar-refractivity contribution in [2.75, 3.05) is 19.5 Å². The summed E-state index contributed by atoms with van der Waals surface area (Å²) in [5.41, 5.74) is 3.82. The van der Waals surface area contributed by atoms with Crippen LogP contribution in [0, 0.1) is 0 Å². The molecule has 5 nitrogen and oxygen atoms in total. The van der Waals surface area contributed by atoms with Crippen LogP contribution in [-0.4, -0.2) is 35.6 Å². The maximum absolute atomic E-state index is 11.3. The van der Waals surface area contributed by atoms with Gasteiger partial charge in [-0.1, -0.05) is 35.0 Å². The zero-order valence-electron chi connectivity index (χ0n) is 13.9. The molecule has 0 aliphatic rings. The molecule has 0 saturated heterocycles. The monoisotopic (exact) mass is 393 g/mol. The summed E-state index contributed by atoms with van der Waals surface area (Å²) in [5.74, 6) is 0.0748. The van der Waals surface area contributed by atoms with E-state index in [4.69, 9.17) is 9.47 Å². The second-order valence-corrected chi connectivity index (χ2v) is 5.96. The third kappa shape index (κ3) is 3.70. The average Bonchev–Trinajstić information content (AvgIpc) is 2.60. The Labute approximate surface area is 149 Å². The summed E-state index contributed by atoms with van der Waals surface area (Å²) in [6.07, 6.45) is 1.36. The number of ether oxygens (including phenoxy) is 2. The topological polar surface area (TPSA) is 68.7 Å². The highest BCUT2D eigenvalue weighted by Crippen LogP contribution is 2.34. The molecule has 0 atom stereocenters. The maximum atomic E-state index is 11.3. The van der Waals surface area contributed by atoms with Gasteiger partial charge in [-0.3, -0.25) is 0 Å². The van der Waals surface area contributed by atoms with Gasteiger partial charge in [-0.05, 0) is 29.7 Å². The molecular weight excluding hydrogens is 374 g/mol. The number of hydrogen-bond acceptors (Lipinski definition) is 4. The Morgan fingerprint density at radius 1 is 1.25 bits per heavy atom. The van der Waals surface area contributed by atoms with E-state index >= 15 is 0 Å². The van der Waals surface area contributed by atoms with Crippen molar-refractivity contribution in [2.24, 2.45) is 0 Å². The van der Waals surface area contributed by atoms with Crippen LogP contribution < -0.4 is 9.47 Å². The van der Waals surface area contributed by atoms with Crippen molar-refractivity contribution in [3.63, 3.8) is 0 Å². The summed E-state index contributed by atoms with van der Waals surface area (Å²) in [6, 6.07) is 7.25. The van der Waals surface area contributed by atoms with E-state index in [2.05, 4.69) is 20.9 Å². The number of carbonyl (C=O) groups is 1. The van der Waals surface area contributed by atoms with Crippen molar-refractivity contribution in [3.8, 4) is 22.8 Å². The number of carboxylic acid groups (broad SMARTS) is 1. The number of nitrogens with zero attached hydrogens (tertiary/aromatic N) is 1. The van der Waals surface area contributed by atoms with Gasteiger partial charge in [0.25, 0.3) is 5.88 Å². The minimum Gasteiger partial charge on any atom is -0.491 e. The summed E-state index contributed by atoms with van der Waals surface area (Å²) in [7, 11) is 3.12. The minimum atomic E-state index is -0.912. The lowest BCUT2D eigenvalue weighted by atomic mass is 9.96. The van der Waals surface area contributed by atoms with Crippen molar-refractivity contribution in [3.05, 3.63) is 41.1 Å². The highest BCUT2D eigenvalue weighted by molar-refractivity contribution is 9.09. The van der Waals surface area contributed by atoms with Crippen LogP contribution in [0.1, 0.15) is 28.5 Å². The van der Waals surface area contributed by atoms with Crippen LogP contribution >= 0.6 is 15.9 Å². The van der Waals surface area contributed by atoms with Crippen LogP contribution in [0.3, 0.4) is 0 Å². The summed E-state index contributed by atoms with van der Waals surface area (Å²) in [6.45, 7) is 1.94. The fourth-order valence-electron chi connectivity index (χ4n) is 2.60. The van der Waals surface area contributed by atoms with Crippen molar-refractivity contribution < 1.29 is 19.4 Å². The molecule has 0 radical (unpaired) electrons. The van der Waals surface area contributed by atoms with Crippen LogP contribution in [0.5, 0.6) is 11.6 Å². The molecule has 24 heavy (non-hydrogen) atoms. The predicted molar refractivity (Wildman–Crippen MR) is 96.6 cm³/mol. The molecule has 0 spiro atoms. The number of pyridine rings is 1. The van der Waals surface area contributed by atoms with Gasteiger partial charge in [-0.2, -0.15) is 0 Å². The van der Waals surface area contributed by atoms with Crippen molar-refractivity contribution in [1.82, 2.24) is 4.98 Å². The number of aromatic nitrogens is 1. The number of benzene rings is 1. The van der Waals surface area contributed by atoms with Crippen LogP contribution in [0.4, 0.5) is 0 Å². The van der Waals surface area contributed by atoms with Gasteiger partial charge in [0.1, 0.15) is 0 Å². The number of alkyl halides is 1. The molecular formula is C18H20BrNO4. The molecule has 1 aromatic heterocycles. The largest absolute Gasteiger partial charge is 0.491 e. The second kappa shape index (κ2) is 8.15. The number of aryl methyl sites for hydroxylation is 2. The SMILES string of the molecule is CCc1cc(-c2cc(OC)c(OC)nc2CCBr)ccc1C(=O)O. The molecule has 0 amide bonds. The first kappa shape index (κ1) is 18.3. The van der Waals surface area contributed by atoms with Crippen molar-refractivity contribution in [2.45, 2.75) is 19.8 Å². The lowest BCUT2D eigenvalue weighted by molar-refractivity contribution is 0.0696. The zero-order valence-corrected chi connectivity index (χ0v) is 15.5. The molecule has 6 heteroatoms. The van der Waals surface area contributed by atoms with E-state index in [0.29, 0.717) is 23.6 Å². The van der Waals surface area contributed by atoms with E-state index in [1.165, 1.54) is 0 Å². The molecule has 0 bridgehead atoms. The number of rotatable bonds is 7. The first-order valence-corrected chi connectivity index (χ1v) is 8.72. The van der Waals surface area contributed by atoms with Crippen molar-refractivity contribution in [1.29, 1.82) is 0 Å². The molecule has 2 rings (SSSR count). The Balaban J connectivity index is 2.63. The van der Waals surface area contributed by atoms with Crippen LogP contribution in [-0.2, 0) is 12.8 Å². The summed E-state index contributed by atoms with van der Waals surface area (Å²) >= 11 is 3.44. The summed E-state index contributed by atoms with van der Waals surface area (Å²) < 4.78 is 10.6. The molecule has 2 aromatic rings. The van der Waals surface area contributed by atoms with Gasteiger partial charge in [0.15, 0.2) is 5.75 Å². The number of hydrogen-bond donors (Lipinski definition) is 1. The Hall–Kier alpha value is -2.08. The third-order valence-corrected chi connectivity index (χ3v) is 4.20. The van der Waals surface area contributed by atoms with E-state index in [1.807, 2.05) is 25.1 Å². The number of halogens is 1. The fraction of sp³-hybridized carbons (Fsp3) is 0.333. The quantitative estimate of drug-likeness (QED) is 0.720. The smallest absolute Gasteiger partial charge is 0.335 e. The molecule has 1 heterocycles. The lowest BCUT2D eigenvalue weighted by Crippen LogP contribution is -2.04. The van der Waals surface area contributed by atoms with E-state index in [9.17, 15) is 9.90 Å². The highest BCUT2D eigenvalue weighted by Gasteiger charge is 2.16. The first-order chi connectivity index (χ1) is 11.5. The third-order valence-electron chi connectivity index (χ3n) is 3.81. The molecule has 128 valence electrons. The van der Waals surface area contributed by atoms with Gasteiger partial charge in [0.2, 0.25) is 0 Å². The Bertz CT molecular complexity index is 746. The van der Waals surface area contributed by atoms with E-state index in [0.717, 1.165) is 34.1 Å². The standard InChI is InChI=1S/C18H20BrNO4/c1-4-11-9-12(5-6-13(11)18(21)22)14-10-16(23-2)17(24-3)20-15(14)7-8-19/h5-6,9-10H,4,7-8H2,1-3H3,(H,21,22). The highest BCUT2D eigenvalue weighted by atomic mass is 79.9. The van der Waals surface area contributed by atoms with Gasteiger partial charge in [-0.15, -0.1) is 0 Å². The molecule has 0 unspecified atom stereocenters. The van der Waals surface area contributed by atoms with Gasteiger partial charge in [0.05, 0.1) is 25.5 Å². The molecule has 1 N–H and O–H groups in total. The van der Waals surface area contributed by atoms with E-state index in [1.54, 1.807) is 20.3 Å². The number of carboxylic acids is 1. The second-order valence-electron chi connectivity index (χ2n) is 5.16. The van der Waals surface area contributed by atoms with Crippen molar-refractivity contribution >= 4 is 21.9 Å². The first-order valence-electron chi connectivity index (χ1n) is 7.60. The lowest BCUT2D eigenvalue weighted by Gasteiger charge is -2.15. The maximum Gasteiger partial charge on any atom is 0.335 e. The van der Waals surface area contributed by atoms with Gasteiger partial charge in [0, 0.05) is 17.3 Å². The van der Waals surface area contributed by atoms with Gasteiger partial charge >= 0.3 is 5.97 Å². The average molecular weight is 394 g/mol. The van der Waals surface area contributed by atoms with Gasteiger partial charge in [-0.25, -0.2) is 9.78 Å². The summed E-state index contributed by atoms with van der Waals surface area (Å²) in [4.78, 5) is 15.9. The Kier molecular flexibility index (Phi) is 6.20. The number of methoxy groups -OCH3 is 2. The molecule has 0 fully saturated rings. The van der Waals surface area contributed by atoms with Crippen LogP contribution in [0.15, 0.2) is 24.3 Å².